The van der Waals surface area contributed by atoms with Gasteiger partial charge in [-0.25, -0.2) is 0 Å². The van der Waals surface area contributed by atoms with E-state index in [1.807, 2.05) is 18.2 Å². The molecule has 1 aromatic rings. The van der Waals surface area contributed by atoms with Gasteiger partial charge in [-0.05, 0) is 30.5 Å². The van der Waals surface area contributed by atoms with Crippen LogP contribution in [-0.2, 0) is 20.8 Å². The van der Waals surface area contributed by atoms with Crippen molar-refractivity contribution in [2.45, 2.75) is 25.7 Å². The first-order valence-corrected chi connectivity index (χ1v) is 8.92. The molecular weight excluding hydrogens is 352 g/mol. The van der Waals surface area contributed by atoms with Gasteiger partial charge < -0.3 is 24.8 Å². The van der Waals surface area contributed by atoms with Crippen LogP contribution in [0.2, 0.25) is 0 Å². The van der Waals surface area contributed by atoms with Gasteiger partial charge in [0.1, 0.15) is 0 Å². The summed E-state index contributed by atoms with van der Waals surface area (Å²) in [6, 6.07) is 5.63. The third-order valence-corrected chi connectivity index (χ3v) is 4.57. The minimum atomic E-state index is -0.887. The van der Waals surface area contributed by atoms with Gasteiger partial charge in [0.25, 0.3) is 0 Å². The van der Waals surface area contributed by atoms with E-state index in [0.717, 1.165) is 5.56 Å². The van der Waals surface area contributed by atoms with Gasteiger partial charge in [-0.15, -0.1) is 0 Å². The highest BCUT2D eigenvalue weighted by molar-refractivity contribution is 5.89. The lowest BCUT2D eigenvalue weighted by Gasteiger charge is -2.17. The van der Waals surface area contributed by atoms with Crippen molar-refractivity contribution in [3.05, 3.63) is 23.8 Å². The number of hydrogen-bond donors (Lipinski definition) is 2. The zero-order valence-corrected chi connectivity index (χ0v) is 15.7. The van der Waals surface area contributed by atoms with E-state index < -0.39 is 5.97 Å². The fourth-order valence-corrected chi connectivity index (χ4v) is 3.06. The van der Waals surface area contributed by atoms with Crippen LogP contribution in [-0.4, -0.2) is 61.6 Å². The zero-order chi connectivity index (χ0) is 19.8. The minimum absolute atomic E-state index is 0.0152. The predicted molar refractivity (Wildman–Crippen MR) is 97.8 cm³/mol. The number of carbonyl (C=O) groups excluding carboxylic acids is 2. The second kappa shape index (κ2) is 9.80. The van der Waals surface area contributed by atoms with Crippen LogP contribution in [0, 0.1) is 5.92 Å². The molecule has 148 valence electrons. The van der Waals surface area contributed by atoms with Crippen LogP contribution >= 0.6 is 0 Å². The number of likely N-dealkylation sites (tertiary alicyclic amines) is 1. The van der Waals surface area contributed by atoms with Crippen molar-refractivity contribution in [2.75, 3.05) is 33.9 Å². The van der Waals surface area contributed by atoms with Crippen LogP contribution in [0.1, 0.15) is 24.8 Å². The molecule has 2 rings (SSSR count). The third kappa shape index (κ3) is 5.87. The summed E-state index contributed by atoms with van der Waals surface area (Å²) in [5, 5.41) is 11.3. The molecule has 0 aromatic heterocycles. The standard InChI is InChI=1S/C19H26N2O6/c1-26-15-6-5-13(10-16(15)27-2)7-9-21-12-14(11-17(21)22)19(25)20-8-3-4-18(23)24/h5-6,10,14H,3-4,7-9,11-12H2,1-2H3,(H,20,25)(H,23,24). The van der Waals surface area contributed by atoms with Crippen molar-refractivity contribution in [2.24, 2.45) is 5.92 Å². The zero-order valence-electron chi connectivity index (χ0n) is 15.7. The van der Waals surface area contributed by atoms with Crippen molar-refractivity contribution < 1.29 is 29.0 Å². The quantitative estimate of drug-likeness (QED) is 0.590. The van der Waals surface area contributed by atoms with Crippen molar-refractivity contribution in [1.29, 1.82) is 0 Å². The van der Waals surface area contributed by atoms with Gasteiger partial charge in [-0.3, -0.25) is 14.4 Å². The topological polar surface area (TPSA) is 105 Å². The molecule has 2 amide bonds. The number of carbonyl (C=O) groups is 3. The number of benzene rings is 1. The fourth-order valence-electron chi connectivity index (χ4n) is 3.06. The van der Waals surface area contributed by atoms with Gasteiger partial charge in [0.2, 0.25) is 11.8 Å². The fraction of sp³-hybridized carbons (Fsp3) is 0.526. The Balaban J connectivity index is 1.82. The number of hydrogen-bond acceptors (Lipinski definition) is 5. The van der Waals surface area contributed by atoms with Crippen LogP contribution in [0.25, 0.3) is 0 Å². The SMILES string of the molecule is COc1ccc(CCN2CC(C(=O)NCCCC(=O)O)CC2=O)cc1OC. The lowest BCUT2D eigenvalue weighted by molar-refractivity contribution is -0.137. The number of ether oxygens (including phenoxy) is 2. The first-order chi connectivity index (χ1) is 12.9. The maximum atomic E-state index is 12.2. The average Bonchev–Trinajstić information content (AvgIpc) is 3.03. The van der Waals surface area contributed by atoms with Gasteiger partial charge in [-0.2, -0.15) is 0 Å². The van der Waals surface area contributed by atoms with E-state index in [9.17, 15) is 14.4 Å². The van der Waals surface area contributed by atoms with Crippen molar-refractivity contribution in [1.82, 2.24) is 10.2 Å². The van der Waals surface area contributed by atoms with Crippen LogP contribution in [0.3, 0.4) is 0 Å². The lowest BCUT2D eigenvalue weighted by Crippen LogP contribution is -2.34. The second-order valence-electron chi connectivity index (χ2n) is 6.47. The summed E-state index contributed by atoms with van der Waals surface area (Å²) in [4.78, 5) is 36.5. The Bertz CT molecular complexity index is 691. The molecule has 1 fully saturated rings. The molecule has 2 N–H and O–H groups in total. The summed E-state index contributed by atoms with van der Waals surface area (Å²) in [6.07, 6.45) is 1.24. The number of aliphatic carboxylic acids is 1. The van der Waals surface area contributed by atoms with E-state index in [1.54, 1.807) is 19.1 Å². The van der Waals surface area contributed by atoms with E-state index in [-0.39, 0.29) is 30.6 Å². The van der Waals surface area contributed by atoms with Gasteiger partial charge in [-0.1, -0.05) is 6.07 Å². The Morgan fingerprint density at radius 3 is 2.67 bits per heavy atom. The normalized spacial score (nSPS) is 16.3. The first kappa shape index (κ1) is 20.5. The summed E-state index contributed by atoms with van der Waals surface area (Å²) in [7, 11) is 3.15. The van der Waals surface area contributed by atoms with Crippen molar-refractivity contribution in [3.63, 3.8) is 0 Å². The number of amides is 2. The Morgan fingerprint density at radius 1 is 1.26 bits per heavy atom. The molecule has 8 nitrogen and oxygen atoms in total. The van der Waals surface area contributed by atoms with Crippen molar-refractivity contribution >= 4 is 17.8 Å². The van der Waals surface area contributed by atoms with Gasteiger partial charge in [0.05, 0.1) is 20.1 Å². The smallest absolute Gasteiger partial charge is 0.303 e. The molecule has 1 heterocycles. The number of carboxylic acid groups (broad SMARTS) is 1. The largest absolute Gasteiger partial charge is 0.493 e. The molecule has 0 bridgehead atoms. The second-order valence-corrected chi connectivity index (χ2v) is 6.47. The van der Waals surface area contributed by atoms with E-state index in [1.165, 1.54) is 0 Å². The summed E-state index contributed by atoms with van der Waals surface area (Å²) < 4.78 is 10.5. The van der Waals surface area contributed by atoms with Crippen LogP contribution in [0.5, 0.6) is 11.5 Å². The minimum Gasteiger partial charge on any atom is -0.493 e. The molecule has 0 aliphatic carbocycles. The highest BCUT2D eigenvalue weighted by atomic mass is 16.5. The predicted octanol–water partition coefficient (Wildman–Crippen LogP) is 1.08. The maximum absolute atomic E-state index is 12.2. The van der Waals surface area contributed by atoms with E-state index in [2.05, 4.69) is 5.32 Å². The summed E-state index contributed by atoms with van der Waals surface area (Å²) in [5.74, 6) is -0.211. The number of methoxy groups -OCH3 is 2. The highest BCUT2D eigenvalue weighted by Crippen LogP contribution is 2.28. The molecule has 1 aliphatic rings. The molecule has 0 saturated carbocycles. The molecule has 27 heavy (non-hydrogen) atoms. The average molecular weight is 378 g/mol. The van der Waals surface area contributed by atoms with Gasteiger partial charge in [0, 0.05) is 32.5 Å². The highest BCUT2D eigenvalue weighted by Gasteiger charge is 2.33. The van der Waals surface area contributed by atoms with Crippen LogP contribution in [0.15, 0.2) is 18.2 Å². The molecule has 1 aliphatic heterocycles. The van der Waals surface area contributed by atoms with Gasteiger partial charge in [0.15, 0.2) is 11.5 Å². The van der Waals surface area contributed by atoms with Crippen molar-refractivity contribution in [3.8, 4) is 11.5 Å². The summed E-state index contributed by atoms with van der Waals surface area (Å²) in [5.41, 5.74) is 1.02. The Hall–Kier alpha value is -2.77. The molecule has 1 saturated heterocycles. The molecule has 1 unspecified atom stereocenters. The lowest BCUT2D eigenvalue weighted by atomic mass is 10.1. The molecule has 1 atom stereocenters. The van der Waals surface area contributed by atoms with Crippen LogP contribution in [0.4, 0.5) is 0 Å². The Kier molecular flexibility index (Phi) is 7.45. The first-order valence-electron chi connectivity index (χ1n) is 8.92. The summed E-state index contributed by atoms with van der Waals surface area (Å²) in [6.45, 7) is 1.22. The third-order valence-electron chi connectivity index (χ3n) is 4.57. The van der Waals surface area contributed by atoms with E-state index >= 15 is 0 Å². The molecular formula is C19H26N2O6. The van der Waals surface area contributed by atoms with Crippen LogP contribution < -0.4 is 14.8 Å². The number of nitrogens with zero attached hydrogens (tertiary/aromatic N) is 1. The Labute approximate surface area is 158 Å². The number of carboxylic acids is 1. The van der Waals surface area contributed by atoms with Gasteiger partial charge >= 0.3 is 5.97 Å². The molecule has 1 aromatic carbocycles. The molecule has 0 radical (unpaired) electrons. The number of rotatable bonds is 10. The van der Waals surface area contributed by atoms with E-state index in [0.29, 0.717) is 44.0 Å². The summed E-state index contributed by atoms with van der Waals surface area (Å²) >= 11 is 0. The molecule has 8 heteroatoms. The molecule has 0 spiro atoms. The number of nitrogens with one attached hydrogen (secondary N) is 1. The monoisotopic (exact) mass is 378 g/mol. The maximum Gasteiger partial charge on any atom is 0.303 e. The van der Waals surface area contributed by atoms with E-state index in [4.69, 9.17) is 14.6 Å². The Morgan fingerprint density at radius 2 is 2.00 bits per heavy atom.